The van der Waals surface area contributed by atoms with Gasteiger partial charge in [0.2, 0.25) is 0 Å². The van der Waals surface area contributed by atoms with Gasteiger partial charge in [0.1, 0.15) is 0 Å². The summed E-state index contributed by atoms with van der Waals surface area (Å²) in [4.78, 5) is 0. The van der Waals surface area contributed by atoms with Crippen molar-refractivity contribution in [3.63, 3.8) is 0 Å². The Labute approximate surface area is 78.9 Å². The van der Waals surface area contributed by atoms with Crippen LogP contribution in [0.2, 0.25) is 0 Å². The lowest BCUT2D eigenvalue weighted by atomic mass is 10.1. The lowest BCUT2D eigenvalue weighted by Crippen LogP contribution is -2.27. The van der Waals surface area contributed by atoms with Gasteiger partial charge in [-0.05, 0) is 19.1 Å². The molecule has 2 unspecified atom stereocenters. The second-order valence-corrected chi connectivity index (χ2v) is 3.54. The van der Waals surface area contributed by atoms with Gasteiger partial charge in [-0.2, -0.15) is 5.10 Å². The molecular weight excluding hydrogens is 160 g/mol. The van der Waals surface area contributed by atoms with Gasteiger partial charge in [0.25, 0.3) is 0 Å². The van der Waals surface area contributed by atoms with Gasteiger partial charge in [-0.1, -0.05) is 25.1 Å². The number of nitrogens with zero attached hydrogens (tertiary/aromatic N) is 2. The predicted octanol–water partition coefficient (Wildman–Crippen LogP) is 2.52. The number of para-hydroxylation sites is 1. The van der Waals surface area contributed by atoms with Gasteiger partial charge in [-0.3, -0.25) is 5.01 Å². The molecule has 0 saturated heterocycles. The van der Waals surface area contributed by atoms with Crippen molar-refractivity contribution >= 4 is 11.9 Å². The van der Waals surface area contributed by atoms with E-state index in [1.165, 1.54) is 5.69 Å². The molecule has 1 heterocycles. The molecule has 0 saturated carbocycles. The van der Waals surface area contributed by atoms with Crippen molar-refractivity contribution in [2.75, 3.05) is 5.01 Å². The van der Waals surface area contributed by atoms with Crippen molar-refractivity contribution in [2.24, 2.45) is 11.0 Å². The Morgan fingerprint density at radius 1 is 1.15 bits per heavy atom. The molecule has 68 valence electrons. The van der Waals surface area contributed by atoms with Crippen LogP contribution in [0.15, 0.2) is 35.4 Å². The van der Waals surface area contributed by atoms with Gasteiger partial charge in [-0.15, -0.1) is 0 Å². The smallest absolute Gasteiger partial charge is 0.0597 e. The van der Waals surface area contributed by atoms with E-state index in [4.69, 9.17) is 0 Å². The molecule has 1 aromatic carbocycles. The highest BCUT2D eigenvalue weighted by Crippen LogP contribution is 2.24. The van der Waals surface area contributed by atoms with E-state index in [-0.39, 0.29) is 0 Å². The van der Waals surface area contributed by atoms with E-state index >= 15 is 0 Å². The van der Waals surface area contributed by atoms with Crippen LogP contribution in [0.5, 0.6) is 0 Å². The molecule has 0 fully saturated rings. The van der Waals surface area contributed by atoms with Crippen molar-refractivity contribution < 1.29 is 0 Å². The topological polar surface area (TPSA) is 15.6 Å². The van der Waals surface area contributed by atoms with E-state index in [1.807, 2.05) is 24.4 Å². The normalized spacial score (nSPS) is 26.8. The first kappa shape index (κ1) is 8.30. The summed E-state index contributed by atoms with van der Waals surface area (Å²) in [5.74, 6) is 0.542. The minimum Gasteiger partial charge on any atom is -0.262 e. The zero-order valence-corrected chi connectivity index (χ0v) is 8.01. The Balaban J connectivity index is 2.24. The third-order valence-corrected chi connectivity index (χ3v) is 2.59. The van der Waals surface area contributed by atoms with Crippen LogP contribution in [-0.4, -0.2) is 12.3 Å². The first-order chi connectivity index (χ1) is 6.29. The van der Waals surface area contributed by atoms with Crippen molar-refractivity contribution in [2.45, 2.75) is 19.9 Å². The fourth-order valence-electron chi connectivity index (χ4n) is 1.51. The number of rotatable bonds is 1. The quantitative estimate of drug-likeness (QED) is 0.638. The molecule has 13 heavy (non-hydrogen) atoms. The molecule has 0 N–H and O–H groups in total. The van der Waals surface area contributed by atoms with Crippen LogP contribution >= 0.6 is 0 Å². The Bertz CT molecular complexity index is 305. The first-order valence-corrected chi connectivity index (χ1v) is 4.67. The molecular formula is C11H14N2. The third-order valence-electron chi connectivity index (χ3n) is 2.59. The number of anilines is 1. The lowest BCUT2D eigenvalue weighted by Gasteiger charge is -2.22. The molecule has 2 nitrogen and oxygen atoms in total. The van der Waals surface area contributed by atoms with E-state index < -0.39 is 0 Å². The van der Waals surface area contributed by atoms with Crippen molar-refractivity contribution in [1.82, 2.24) is 0 Å². The van der Waals surface area contributed by atoms with E-state index in [0.717, 1.165) is 0 Å². The molecule has 1 aromatic rings. The fourth-order valence-corrected chi connectivity index (χ4v) is 1.51. The standard InChI is InChI=1S/C11H14N2/c1-9-8-12-13(10(9)2)11-6-4-3-5-7-11/h3-10H,1-2H3. The molecule has 1 aliphatic heterocycles. The largest absolute Gasteiger partial charge is 0.262 e. The number of hydrogen-bond acceptors (Lipinski definition) is 2. The van der Waals surface area contributed by atoms with Crippen LogP contribution in [0.3, 0.4) is 0 Å². The van der Waals surface area contributed by atoms with Gasteiger partial charge in [0, 0.05) is 12.1 Å². The van der Waals surface area contributed by atoms with Crippen LogP contribution in [0, 0.1) is 5.92 Å². The molecule has 0 amide bonds. The average molecular weight is 174 g/mol. The van der Waals surface area contributed by atoms with Crippen molar-refractivity contribution in [1.29, 1.82) is 0 Å². The maximum absolute atomic E-state index is 4.38. The summed E-state index contributed by atoms with van der Waals surface area (Å²) in [7, 11) is 0. The Morgan fingerprint density at radius 2 is 1.85 bits per heavy atom. The SMILES string of the molecule is CC1C=NN(c2ccccc2)C1C. The predicted molar refractivity (Wildman–Crippen MR) is 56.0 cm³/mol. The van der Waals surface area contributed by atoms with Gasteiger partial charge in [0.05, 0.1) is 11.7 Å². The summed E-state index contributed by atoms with van der Waals surface area (Å²) in [6, 6.07) is 10.8. The molecule has 2 rings (SSSR count). The lowest BCUT2D eigenvalue weighted by molar-refractivity contribution is 0.608. The molecule has 2 atom stereocenters. The van der Waals surface area contributed by atoms with Crippen LogP contribution in [-0.2, 0) is 0 Å². The maximum Gasteiger partial charge on any atom is 0.0597 e. The van der Waals surface area contributed by atoms with Crippen molar-refractivity contribution in [3.05, 3.63) is 30.3 Å². The minimum absolute atomic E-state index is 0.474. The molecule has 0 aromatic heterocycles. The Kier molecular flexibility index (Phi) is 2.05. The zero-order chi connectivity index (χ0) is 9.26. The van der Waals surface area contributed by atoms with Crippen molar-refractivity contribution in [3.8, 4) is 0 Å². The summed E-state index contributed by atoms with van der Waals surface area (Å²) in [5, 5.41) is 6.45. The molecule has 0 radical (unpaired) electrons. The third kappa shape index (κ3) is 1.44. The van der Waals surface area contributed by atoms with Gasteiger partial charge in [0.15, 0.2) is 0 Å². The summed E-state index contributed by atoms with van der Waals surface area (Å²) in [6.07, 6.45) is 2.01. The van der Waals surface area contributed by atoms with Crippen LogP contribution in [0.25, 0.3) is 0 Å². The first-order valence-electron chi connectivity index (χ1n) is 4.67. The maximum atomic E-state index is 4.38. The molecule has 0 aliphatic carbocycles. The molecule has 2 heteroatoms. The van der Waals surface area contributed by atoms with Crippen LogP contribution in [0.1, 0.15) is 13.8 Å². The molecule has 0 spiro atoms. The molecule has 1 aliphatic rings. The number of hydrazone groups is 1. The highest BCUT2D eigenvalue weighted by atomic mass is 15.5. The van der Waals surface area contributed by atoms with Crippen LogP contribution in [0.4, 0.5) is 5.69 Å². The van der Waals surface area contributed by atoms with Gasteiger partial charge < -0.3 is 0 Å². The summed E-state index contributed by atoms with van der Waals surface area (Å²) >= 11 is 0. The van der Waals surface area contributed by atoms with E-state index in [0.29, 0.717) is 12.0 Å². The number of hydrogen-bond donors (Lipinski definition) is 0. The zero-order valence-electron chi connectivity index (χ0n) is 8.01. The number of benzene rings is 1. The minimum atomic E-state index is 0.474. The summed E-state index contributed by atoms with van der Waals surface area (Å²) < 4.78 is 0. The van der Waals surface area contributed by atoms with Gasteiger partial charge in [-0.25, -0.2) is 0 Å². The monoisotopic (exact) mass is 174 g/mol. The van der Waals surface area contributed by atoms with E-state index in [2.05, 4.69) is 36.1 Å². The second-order valence-electron chi connectivity index (χ2n) is 3.54. The van der Waals surface area contributed by atoms with Gasteiger partial charge >= 0.3 is 0 Å². The average Bonchev–Trinajstić information content (AvgIpc) is 2.49. The van der Waals surface area contributed by atoms with E-state index in [9.17, 15) is 0 Å². The Hall–Kier alpha value is -1.31. The second kappa shape index (κ2) is 3.21. The van der Waals surface area contributed by atoms with Crippen LogP contribution < -0.4 is 5.01 Å². The highest BCUT2D eigenvalue weighted by Gasteiger charge is 2.23. The van der Waals surface area contributed by atoms with E-state index in [1.54, 1.807) is 0 Å². The highest BCUT2D eigenvalue weighted by molar-refractivity contribution is 5.69. The summed E-state index contributed by atoms with van der Waals surface area (Å²) in [6.45, 7) is 4.39. The fraction of sp³-hybridized carbons (Fsp3) is 0.364. The molecule has 0 bridgehead atoms. The summed E-state index contributed by atoms with van der Waals surface area (Å²) in [5.41, 5.74) is 1.18. The Morgan fingerprint density at radius 3 is 2.38 bits per heavy atom.